The van der Waals surface area contributed by atoms with Gasteiger partial charge in [-0.05, 0) is 12.1 Å². The highest BCUT2D eigenvalue weighted by Crippen LogP contribution is 2.26. The van der Waals surface area contributed by atoms with Gasteiger partial charge in [-0.25, -0.2) is 13.6 Å². The molecule has 3 aromatic rings. The molecule has 1 aliphatic heterocycles. The van der Waals surface area contributed by atoms with E-state index in [1.54, 1.807) is 13.2 Å². The van der Waals surface area contributed by atoms with Crippen LogP contribution in [0.15, 0.2) is 29.2 Å². The minimum atomic E-state index is -2.56. The summed E-state index contributed by atoms with van der Waals surface area (Å²) in [6, 6.07) is 5.76. The van der Waals surface area contributed by atoms with Crippen molar-refractivity contribution in [3.05, 3.63) is 46.1 Å². The third-order valence-corrected chi connectivity index (χ3v) is 4.78. The standard InChI is InChI=1S/C17H20F2N6O/c1-23-9-11(14(22-23)16(18)19)10-24-5-7-25(8-6-24)13-4-2-3-12-15(13)21-17(26)20-12/h2-4,9,16H,5-8,10H2,1H3,(H2,20,21,26). The highest BCUT2D eigenvalue weighted by molar-refractivity contribution is 5.88. The molecule has 4 rings (SSSR count). The molecule has 138 valence electrons. The molecule has 0 saturated carbocycles. The molecule has 9 heteroatoms. The molecule has 2 aromatic heterocycles. The third kappa shape index (κ3) is 3.10. The van der Waals surface area contributed by atoms with Gasteiger partial charge in [0.2, 0.25) is 0 Å². The SMILES string of the molecule is Cn1cc(CN2CCN(c3cccc4[nH]c(=O)[nH]c34)CC2)c(C(F)F)n1. The van der Waals surface area contributed by atoms with Crippen LogP contribution in [0.1, 0.15) is 17.7 Å². The number of fused-ring (bicyclic) bond motifs is 1. The van der Waals surface area contributed by atoms with Crippen molar-refractivity contribution in [1.29, 1.82) is 0 Å². The van der Waals surface area contributed by atoms with Crippen LogP contribution in [0.3, 0.4) is 0 Å². The summed E-state index contributed by atoms with van der Waals surface area (Å²) in [6.45, 7) is 3.49. The minimum absolute atomic E-state index is 0.135. The monoisotopic (exact) mass is 362 g/mol. The minimum Gasteiger partial charge on any atom is -0.367 e. The summed E-state index contributed by atoms with van der Waals surface area (Å²) in [5.74, 6) is 0. The Hall–Kier alpha value is -2.68. The molecule has 3 heterocycles. The van der Waals surface area contributed by atoms with Gasteiger partial charge in [0.05, 0.1) is 16.7 Å². The van der Waals surface area contributed by atoms with E-state index in [-0.39, 0.29) is 11.4 Å². The number of aromatic amines is 2. The summed E-state index contributed by atoms with van der Waals surface area (Å²) in [7, 11) is 1.66. The zero-order valence-corrected chi connectivity index (χ0v) is 14.4. The van der Waals surface area contributed by atoms with E-state index in [0.717, 1.165) is 42.9 Å². The number of H-pyrrole nitrogens is 2. The van der Waals surface area contributed by atoms with E-state index in [2.05, 4.69) is 24.9 Å². The fourth-order valence-corrected chi connectivity index (χ4v) is 3.55. The highest BCUT2D eigenvalue weighted by atomic mass is 19.3. The van der Waals surface area contributed by atoms with E-state index in [1.807, 2.05) is 18.2 Å². The lowest BCUT2D eigenvalue weighted by Crippen LogP contribution is -2.46. The molecule has 0 bridgehead atoms. The van der Waals surface area contributed by atoms with Crippen molar-refractivity contribution in [2.45, 2.75) is 13.0 Å². The quantitative estimate of drug-likeness (QED) is 0.743. The molecule has 0 unspecified atom stereocenters. The smallest absolute Gasteiger partial charge is 0.323 e. The molecule has 1 aromatic carbocycles. The summed E-state index contributed by atoms with van der Waals surface area (Å²) < 4.78 is 27.6. The van der Waals surface area contributed by atoms with E-state index >= 15 is 0 Å². The zero-order valence-electron chi connectivity index (χ0n) is 14.4. The number of rotatable bonds is 4. The molecular weight excluding hydrogens is 342 g/mol. The molecule has 1 aliphatic rings. The summed E-state index contributed by atoms with van der Waals surface area (Å²) in [4.78, 5) is 21.5. The van der Waals surface area contributed by atoms with Gasteiger partial charge in [0.15, 0.2) is 0 Å². The Bertz CT molecular complexity index is 967. The molecule has 7 nitrogen and oxygen atoms in total. The van der Waals surface area contributed by atoms with Gasteiger partial charge < -0.3 is 14.9 Å². The number of piperazine rings is 1. The molecule has 0 aliphatic carbocycles. The van der Waals surface area contributed by atoms with E-state index in [1.165, 1.54) is 4.68 Å². The first-order valence-corrected chi connectivity index (χ1v) is 8.50. The first-order chi connectivity index (χ1) is 12.5. The largest absolute Gasteiger partial charge is 0.367 e. The Morgan fingerprint density at radius 2 is 1.96 bits per heavy atom. The van der Waals surface area contributed by atoms with Crippen molar-refractivity contribution >= 4 is 16.7 Å². The number of nitrogens with one attached hydrogen (secondary N) is 2. The number of hydrogen-bond donors (Lipinski definition) is 2. The number of hydrogen-bond acceptors (Lipinski definition) is 4. The number of para-hydroxylation sites is 1. The summed E-state index contributed by atoms with van der Waals surface area (Å²) >= 11 is 0. The Morgan fingerprint density at radius 3 is 2.69 bits per heavy atom. The van der Waals surface area contributed by atoms with Crippen LogP contribution in [0.25, 0.3) is 11.0 Å². The van der Waals surface area contributed by atoms with Crippen molar-refractivity contribution in [1.82, 2.24) is 24.6 Å². The lowest BCUT2D eigenvalue weighted by molar-refractivity contribution is 0.142. The van der Waals surface area contributed by atoms with Gasteiger partial charge in [-0.2, -0.15) is 5.10 Å². The maximum atomic E-state index is 13.1. The maximum absolute atomic E-state index is 13.1. The molecule has 1 saturated heterocycles. The van der Waals surface area contributed by atoms with Gasteiger partial charge >= 0.3 is 5.69 Å². The van der Waals surface area contributed by atoms with E-state index < -0.39 is 6.43 Å². The van der Waals surface area contributed by atoms with Crippen LogP contribution in [-0.2, 0) is 13.6 Å². The number of halogens is 2. The average molecular weight is 362 g/mol. The predicted octanol–water partition coefficient (Wildman–Crippen LogP) is 1.85. The van der Waals surface area contributed by atoms with E-state index in [9.17, 15) is 13.6 Å². The lowest BCUT2D eigenvalue weighted by Gasteiger charge is -2.36. The number of alkyl halides is 2. The second-order valence-corrected chi connectivity index (χ2v) is 6.56. The van der Waals surface area contributed by atoms with Crippen LogP contribution < -0.4 is 10.6 Å². The lowest BCUT2D eigenvalue weighted by atomic mass is 10.2. The topological polar surface area (TPSA) is 72.9 Å². The molecule has 0 atom stereocenters. The van der Waals surface area contributed by atoms with Crippen molar-refractivity contribution in [2.75, 3.05) is 31.1 Å². The highest BCUT2D eigenvalue weighted by Gasteiger charge is 2.23. The van der Waals surface area contributed by atoms with E-state index in [4.69, 9.17) is 0 Å². The van der Waals surface area contributed by atoms with Crippen LogP contribution in [0.5, 0.6) is 0 Å². The summed E-state index contributed by atoms with van der Waals surface area (Å²) in [5.41, 5.74) is 2.79. The molecule has 1 fully saturated rings. The van der Waals surface area contributed by atoms with Gasteiger partial charge in [-0.15, -0.1) is 0 Å². The maximum Gasteiger partial charge on any atom is 0.323 e. The number of aromatic nitrogens is 4. The second kappa shape index (κ2) is 6.56. The van der Waals surface area contributed by atoms with Crippen LogP contribution >= 0.6 is 0 Å². The van der Waals surface area contributed by atoms with Gasteiger partial charge in [0.1, 0.15) is 5.69 Å². The fourth-order valence-electron chi connectivity index (χ4n) is 3.55. The van der Waals surface area contributed by atoms with E-state index in [0.29, 0.717) is 12.1 Å². The molecule has 0 amide bonds. The number of imidazole rings is 1. The number of aryl methyl sites for hydroxylation is 1. The third-order valence-electron chi connectivity index (χ3n) is 4.78. The van der Waals surface area contributed by atoms with Crippen molar-refractivity contribution in [3.63, 3.8) is 0 Å². The zero-order chi connectivity index (χ0) is 18.3. The Kier molecular flexibility index (Phi) is 4.23. The van der Waals surface area contributed by atoms with Crippen LogP contribution in [-0.4, -0.2) is 50.8 Å². The Labute approximate surface area is 148 Å². The van der Waals surface area contributed by atoms with Crippen LogP contribution in [0.4, 0.5) is 14.5 Å². The first-order valence-electron chi connectivity index (χ1n) is 8.50. The molecule has 0 radical (unpaired) electrons. The van der Waals surface area contributed by atoms with Crippen molar-refractivity contribution in [2.24, 2.45) is 7.05 Å². The van der Waals surface area contributed by atoms with Gasteiger partial charge in [0, 0.05) is 51.5 Å². The normalized spacial score (nSPS) is 16.1. The van der Waals surface area contributed by atoms with Crippen LogP contribution in [0.2, 0.25) is 0 Å². The average Bonchev–Trinajstić information content (AvgIpc) is 3.17. The van der Waals surface area contributed by atoms with Crippen molar-refractivity contribution < 1.29 is 8.78 Å². The number of anilines is 1. The first kappa shape index (κ1) is 16.8. The summed E-state index contributed by atoms with van der Waals surface area (Å²) in [5, 5.41) is 3.87. The van der Waals surface area contributed by atoms with Gasteiger partial charge in [0.25, 0.3) is 6.43 Å². The molecular formula is C17H20F2N6O. The molecule has 2 N–H and O–H groups in total. The van der Waals surface area contributed by atoms with Crippen LogP contribution in [0, 0.1) is 0 Å². The summed E-state index contributed by atoms with van der Waals surface area (Å²) in [6.07, 6.45) is -0.894. The van der Waals surface area contributed by atoms with Crippen molar-refractivity contribution in [3.8, 4) is 0 Å². The second-order valence-electron chi connectivity index (χ2n) is 6.56. The van der Waals surface area contributed by atoms with Gasteiger partial charge in [-0.3, -0.25) is 9.58 Å². The molecule has 0 spiro atoms. The predicted molar refractivity (Wildman–Crippen MR) is 94.6 cm³/mol. The van der Waals surface area contributed by atoms with Gasteiger partial charge in [-0.1, -0.05) is 6.07 Å². The number of nitrogens with zero attached hydrogens (tertiary/aromatic N) is 4. The Balaban J connectivity index is 1.47. The Morgan fingerprint density at radius 1 is 1.19 bits per heavy atom. The fraction of sp³-hybridized carbons (Fsp3) is 0.412. The number of benzene rings is 1. The molecule has 26 heavy (non-hydrogen) atoms.